The standard InChI is InChI=1S/C27H32N2O6/c1-19(30)34-18-25(31)23(15-12-20-8-4-2-5-9-20)28-26(32)16-24(22-13-14-22)29-27(33)35-17-21-10-6-3-7-11-21/h2-11,22-24H,12-18H2,1H3,(H,28,32)(H,29,33)/t23-,24?/m1/s1. The number of hydrogen-bond donors (Lipinski definition) is 2. The molecule has 2 aromatic rings. The van der Waals surface area contributed by atoms with Crippen molar-refractivity contribution in [1.29, 1.82) is 0 Å². The average molecular weight is 481 g/mol. The van der Waals surface area contributed by atoms with Gasteiger partial charge < -0.3 is 20.1 Å². The minimum absolute atomic E-state index is 0.0355. The number of alkyl carbamates (subject to hydrolysis) is 1. The average Bonchev–Trinajstić information content (AvgIpc) is 3.70. The van der Waals surface area contributed by atoms with Crippen molar-refractivity contribution in [3.05, 3.63) is 71.8 Å². The van der Waals surface area contributed by atoms with Gasteiger partial charge in [0.25, 0.3) is 0 Å². The molecule has 3 rings (SSSR count). The van der Waals surface area contributed by atoms with E-state index in [0.29, 0.717) is 12.8 Å². The molecule has 8 heteroatoms. The highest BCUT2D eigenvalue weighted by Gasteiger charge is 2.35. The Kier molecular flexibility index (Phi) is 9.83. The Morgan fingerprint density at radius 2 is 1.51 bits per heavy atom. The fourth-order valence-electron chi connectivity index (χ4n) is 3.75. The zero-order chi connectivity index (χ0) is 25.0. The Labute approximate surface area is 205 Å². The van der Waals surface area contributed by atoms with Crippen LogP contribution in [-0.4, -0.2) is 42.4 Å². The molecule has 0 spiro atoms. The second-order valence-corrected chi connectivity index (χ2v) is 8.75. The number of hydrogen-bond acceptors (Lipinski definition) is 6. The summed E-state index contributed by atoms with van der Waals surface area (Å²) < 4.78 is 10.1. The van der Waals surface area contributed by atoms with E-state index >= 15 is 0 Å². The Balaban J connectivity index is 1.54. The Bertz CT molecular complexity index is 991. The molecule has 2 N–H and O–H groups in total. The van der Waals surface area contributed by atoms with E-state index in [1.54, 1.807) is 0 Å². The van der Waals surface area contributed by atoms with Crippen LogP contribution in [0.4, 0.5) is 4.79 Å². The number of carbonyl (C=O) groups is 4. The van der Waals surface area contributed by atoms with Crippen LogP contribution in [0, 0.1) is 5.92 Å². The molecule has 0 heterocycles. The highest BCUT2D eigenvalue weighted by atomic mass is 16.5. The summed E-state index contributed by atoms with van der Waals surface area (Å²) in [4.78, 5) is 48.9. The predicted octanol–water partition coefficient (Wildman–Crippen LogP) is 3.33. The van der Waals surface area contributed by atoms with Crippen molar-refractivity contribution in [3.8, 4) is 0 Å². The third-order valence-electron chi connectivity index (χ3n) is 5.82. The first kappa shape index (κ1) is 25.9. The summed E-state index contributed by atoms with van der Waals surface area (Å²) in [5.74, 6) is -1.08. The smallest absolute Gasteiger partial charge is 0.407 e. The summed E-state index contributed by atoms with van der Waals surface area (Å²) in [5.41, 5.74) is 1.90. The second-order valence-electron chi connectivity index (χ2n) is 8.75. The van der Waals surface area contributed by atoms with Gasteiger partial charge in [-0.15, -0.1) is 0 Å². The first-order valence-electron chi connectivity index (χ1n) is 11.9. The third kappa shape index (κ3) is 9.60. The molecule has 1 unspecified atom stereocenters. The lowest BCUT2D eigenvalue weighted by atomic mass is 10.0. The van der Waals surface area contributed by atoms with Crippen LogP contribution in [0.1, 0.15) is 43.7 Å². The van der Waals surface area contributed by atoms with Gasteiger partial charge in [0.05, 0.1) is 6.04 Å². The lowest BCUT2D eigenvalue weighted by molar-refractivity contribution is -0.146. The molecule has 2 atom stereocenters. The molecule has 1 aliphatic rings. The fraction of sp³-hybridized carbons (Fsp3) is 0.407. The lowest BCUT2D eigenvalue weighted by Crippen LogP contribution is -2.46. The van der Waals surface area contributed by atoms with E-state index in [9.17, 15) is 19.2 Å². The van der Waals surface area contributed by atoms with Crippen LogP contribution in [-0.2, 0) is 36.9 Å². The van der Waals surface area contributed by atoms with Gasteiger partial charge in [-0.05, 0) is 42.7 Å². The number of rotatable bonds is 13. The molecule has 35 heavy (non-hydrogen) atoms. The van der Waals surface area contributed by atoms with Gasteiger partial charge in [-0.2, -0.15) is 0 Å². The lowest BCUT2D eigenvalue weighted by Gasteiger charge is -2.21. The number of esters is 1. The zero-order valence-electron chi connectivity index (χ0n) is 19.9. The van der Waals surface area contributed by atoms with E-state index in [-0.39, 0.29) is 36.7 Å². The number of Topliss-reactive ketones (excluding diaryl/α,β-unsaturated/α-hetero) is 1. The molecule has 2 amide bonds. The van der Waals surface area contributed by atoms with E-state index in [1.807, 2.05) is 60.7 Å². The van der Waals surface area contributed by atoms with Crippen molar-refractivity contribution in [2.45, 2.75) is 57.7 Å². The van der Waals surface area contributed by atoms with E-state index in [1.165, 1.54) is 6.92 Å². The molecule has 1 aliphatic carbocycles. The minimum atomic E-state index is -0.799. The number of carbonyl (C=O) groups excluding carboxylic acids is 4. The first-order chi connectivity index (χ1) is 16.9. The van der Waals surface area contributed by atoms with Crippen molar-refractivity contribution in [2.75, 3.05) is 6.61 Å². The predicted molar refractivity (Wildman–Crippen MR) is 129 cm³/mol. The summed E-state index contributed by atoms with van der Waals surface area (Å²) in [7, 11) is 0. The molecule has 0 aromatic heterocycles. The third-order valence-corrected chi connectivity index (χ3v) is 5.82. The van der Waals surface area contributed by atoms with Gasteiger partial charge in [-0.1, -0.05) is 60.7 Å². The van der Waals surface area contributed by atoms with Gasteiger partial charge in [0.15, 0.2) is 12.4 Å². The van der Waals surface area contributed by atoms with Gasteiger partial charge in [-0.3, -0.25) is 14.4 Å². The SMILES string of the molecule is CC(=O)OCC(=O)[C@@H](CCc1ccccc1)NC(=O)CC(NC(=O)OCc1ccccc1)C1CC1. The molecular formula is C27H32N2O6. The normalized spacial score (nSPS) is 14.3. The van der Waals surface area contributed by atoms with Crippen LogP contribution in [0.15, 0.2) is 60.7 Å². The number of ketones is 1. The maximum absolute atomic E-state index is 12.8. The van der Waals surface area contributed by atoms with Gasteiger partial charge in [0, 0.05) is 19.4 Å². The van der Waals surface area contributed by atoms with E-state index < -0.39 is 24.7 Å². The first-order valence-corrected chi connectivity index (χ1v) is 11.9. The number of nitrogens with one attached hydrogen (secondary N) is 2. The largest absolute Gasteiger partial charge is 0.458 e. The van der Waals surface area contributed by atoms with Crippen LogP contribution < -0.4 is 10.6 Å². The molecule has 8 nitrogen and oxygen atoms in total. The van der Waals surface area contributed by atoms with E-state index in [0.717, 1.165) is 24.0 Å². The van der Waals surface area contributed by atoms with Crippen LogP contribution in [0.25, 0.3) is 0 Å². The van der Waals surface area contributed by atoms with Gasteiger partial charge in [-0.25, -0.2) is 4.79 Å². The zero-order valence-corrected chi connectivity index (χ0v) is 19.9. The van der Waals surface area contributed by atoms with Crippen LogP contribution in [0.3, 0.4) is 0 Å². The van der Waals surface area contributed by atoms with Crippen molar-refractivity contribution >= 4 is 23.8 Å². The van der Waals surface area contributed by atoms with Crippen molar-refractivity contribution in [2.24, 2.45) is 5.92 Å². The van der Waals surface area contributed by atoms with Crippen LogP contribution in [0.2, 0.25) is 0 Å². The molecule has 0 bridgehead atoms. The molecule has 0 saturated heterocycles. The minimum Gasteiger partial charge on any atom is -0.458 e. The molecule has 0 radical (unpaired) electrons. The monoisotopic (exact) mass is 480 g/mol. The van der Waals surface area contributed by atoms with Crippen molar-refractivity contribution < 1.29 is 28.7 Å². The number of amides is 2. The molecular weight excluding hydrogens is 448 g/mol. The van der Waals surface area contributed by atoms with E-state index in [4.69, 9.17) is 9.47 Å². The molecule has 186 valence electrons. The maximum Gasteiger partial charge on any atom is 0.407 e. The topological polar surface area (TPSA) is 111 Å². The summed E-state index contributed by atoms with van der Waals surface area (Å²) in [6.07, 6.45) is 2.24. The van der Waals surface area contributed by atoms with Gasteiger partial charge >= 0.3 is 12.1 Å². The maximum atomic E-state index is 12.8. The molecule has 1 fully saturated rings. The number of benzene rings is 2. The Morgan fingerprint density at radius 3 is 2.11 bits per heavy atom. The van der Waals surface area contributed by atoms with Crippen molar-refractivity contribution in [1.82, 2.24) is 10.6 Å². The highest BCUT2D eigenvalue weighted by molar-refractivity contribution is 5.91. The Hall–Kier alpha value is -3.68. The summed E-state index contributed by atoms with van der Waals surface area (Å²) in [6.45, 7) is 0.973. The van der Waals surface area contributed by atoms with Crippen LogP contribution >= 0.6 is 0 Å². The highest BCUT2D eigenvalue weighted by Crippen LogP contribution is 2.34. The summed E-state index contributed by atoms with van der Waals surface area (Å²) in [5, 5.41) is 5.59. The fourth-order valence-corrected chi connectivity index (χ4v) is 3.75. The second kappa shape index (κ2) is 13.3. The molecule has 0 aliphatic heterocycles. The Morgan fingerprint density at radius 1 is 0.886 bits per heavy atom. The quantitative estimate of drug-likeness (QED) is 0.426. The van der Waals surface area contributed by atoms with Gasteiger partial charge in [0.1, 0.15) is 6.61 Å². The van der Waals surface area contributed by atoms with E-state index in [2.05, 4.69) is 10.6 Å². The molecule has 1 saturated carbocycles. The van der Waals surface area contributed by atoms with Crippen molar-refractivity contribution in [3.63, 3.8) is 0 Å². The summed E-state index contributed by atoms with van der Waals surface area (Å²) >= 11 is 0. The number of ether oxygens (including phenoxy) is 2. The number of aryl methyl sites for hydroxylation is 1. The summed E-state index contributed by atoms with van der Waals surface area (Å²) in [6, 6.07) is 17.8. The molecule has 2 aromatic carbocycles. The van der Waals surface area contributed by atoms with Crippen LogP contribution in [0.5, 0.6) is 0 Å². The van der Waals surface area contributed by atoms with Gasteiger partial charge in [0.2, 0.25) is 5.91 Å².